The third-order valence-corrected chi connectivity index (χ3v) is 3.45. The molecule has 1 aliphatic rings. The molecule has 1 aliphatic carbocycles. The molecule has 116 valence electrons. The van der Waals surface area contributed by atoms with Crippen LogP contribution in [0.1, 0.15) is 31.4 Å². The molecule has 1 unspecified atom stereocenters. The van der Waals surface area contributed by atoms with Gasteiger partial charge < -0.3 is 24.8 Å². The molecule has 1 aromatic carbocycles. The number of carbonyl (C=O) groups excluding carboxylic acids is 1. The molecule has 2 rings (SSSR count). The van der Waals surface area contributed by atoms with Crippen molar-refractivity contribution in [3.05, 3.63) is 17.7 Å². The lowest BCUT2D eigenvalue weighted by Crippen LogP contribution is -2.38. The van der Waals surface area contributed by atoms with Gasteiger partial charge in [-0.25, -0.2) is 4.79 Å². The molecule has 1 saturated carbocycles. The van der Waals surface area contributed by atoms with Gasteiger partial charge in [-0.15, -0.1) is 0 Å². The highest BCUT2D eigenvalue weighted by atomic mass is 16.5. The Morgan fingerprint density at radius 2 is 1.71 bits per heavy atom. The van der Waals surface area contributed by atoms with Crippen LogP contribution in [0.3, 0.4) is 0 Å². The average Bonchev–Trinajstić information content (AvgIpc) is 3.29. The van der Waals surface area contributed by atoms with Gasteiger partial charge in [0.05, 0.1) is 27.4 Å². The topological polar surface area (TPSA) is 68.8 Å². The molecule has 1 fully saturated rings. The summed E-state index contributed by atoms with van der Waals surface area (Å²) in [5.74, 6) is 1.68. The summed E-state index contributed by atoms with van der Waals surface area (Å²) in [6.45, 7) is 1.91. The van der Waals surface area contributed by atoms with E-state index < -0.39 is 0 Å². The minimum Gasteiger partial charge on any atom is -0.493 e. The maximum Gasteiger partial charge on any atom is 0.315 e. The van der Waals surface area contributed by atoms with Gasteiger partial charge >= 0.3 is 6.03 Å². The number of urea groups is 1. The Hall–Kier alpha value is -2.11. The molecular formula is C15H22N2O4. The van der Waals surface area contributed by atoms with Crippen molar-refractivity contribution < 1.29 is 19.0 Å². The standard InChI is InChI=1S/C15H22N2O4/c1-9(16-15(18)17-11-5-6-11)10-7-12(19-2)14(21-4)13(8-10)20-3/h7-9,11H,5-6H2,1-4H3,(H2,16,17,18). The van der Waals surface area contributed by atoms with Crippen LogP contribution in [0.15, 0.2) is 12.1 Å². The number of hydrogen-bond acceptors (Lipinski definition) is 4. The number of rotatable bonds is 6. The van der Waals surface area contributed by atoms with Gasteiger partial charge in [-0.3, -0.25) is 0 Å². The molecule has 2 amide bonds. The minimum absolute atomic E-state index is 0.154. The number of benzene rings is 1. The molecule has 1 aromatic rings. The lowest BCUT2D eigenvalue weighted by Gasteiger charge is -2.19. The number of ether oxygens (including phenoxy) is 3. The number of carbonyl (C=O) groups is 1. The number of nitrogens with one attached hydrogen (secondary N) is 2. The van der Waals surface area contributed by atoms with Crippen LogP contribution < -0.4 is 24.8 Å². The summed E-state index contributed by atoms with van der Waals surface area (Å²) >= 11 is 0. The molecule has 0 bridgehead atoms. The van der Waals surface area contributed by atoms with Gasteiger partial charge in [0, 0.05) is 6.04 Å². The molecular weight excluding hydrogens is 272 g/mol. The summed E-state index contributed by atoms with van der Waals surface area (Å²) in [6.07, 6.45) is 2.12. The van der Waals surface area contributed by atoms with Gasteiger partial charge in [0.25, 0.3) is 0 Å². The van der Waals surface area contributed by atoms with E-state index in [2.05, 4.69) is 10.6 Å². The lowest BCUT2D eigenvalue weighted by atomic mass is 10.1. The van der Waals surface area contributed by atoms with Crippen LogP contribution in [0.5, 0.6) is 17.2 Å². The Labute approximate surface area is 124 Å². The van der Waals surface area contributed by atoms with Crippen LogP contribution >= 0.6 is 0 Å². The van der Waals surface area contributed by atoms with E-state index in [1.165, 1.54) is 0 Å². The molecule has 6 heteroatoms. The molecule has 6 nitrogen and oxygen atoms in total. The van der Waals surface area contributed by atoms with Gasteiger partial charge in [-0.1, -0.05) is 0 Å². The Kier molecular flexibility index (Phi) is 4.77. The SMILES string of the molecule is COc1cc(C(C)NC(=O)NC2CC2)cc(OC)c1OC. The van der Waals surface area contributed by atoms with Crippen molar-refractivity contribution in [2.24, 2.45) is 0 Å². The Morgan fingerprint density at radius 1 is 1.14 bits per heavy atom. The third-order valence-electron chi connectivity index (χ3n) is 3.45. The van der Waals surface area contributed by atoms with Crippen molar-refractivity contribution in [1.82, 2.24) is 10.6 Å². The van der Waals surface area contributed by atoms with Crippen LogP contribution in [0.25, 0.3) is 0 Å². The smallest absolute Gasteiger partial charge is 0.315 e. The maximum absolute atomic E-state index is 11.8. The first-order chi connectivity index (χ1) is 10.1. The van der Waals surface area contributed by atoms with Gasteiger partial charge in [0.2, 0.25) is 5.75 Å². The van der Waals surface area contributed by atoms with Crippen molar-refractivity contribution in [2.75, 3.05) is 21.3 Å². The van der Waals surface area contributed by atoms with Crippen LogP contribution in [0, 0.1) is 0 Å². The first kappa shape index (κ1) is 15.3. The predicted molar refractivity (Wildman–Crippen MR) is 79.2 cm³/mol. The number of methoxy groups -OCH3 is 3. The van der Waals surface area contributed by atoms with Gasteiger partial charge in [0.15, 0.2) is 11.5 Å². The van der Waals surface area contributed by atoms with Gasteiger partial charge in [-0.2, -0.15) is 0 Å². The Balaban J connectivity index is 2.15. The fraction of sp³-hybridized carbons (Fsp3) is 0.533. The third kappa shape index (κ3) is 3.71. The van der Waals surface area contributed by atoms with E-state index in [9.17, 15) is 4.79 Å². The largest absolute Gasteiger partial charge is 0.493 e. The molecule has 0 radical (unpaired) electrons. The van der Waals surface area contributed by atoms with Crippen LogP contribution in [-0.4, -0.2) is 33.4 Å². The lowest BCUT2D eigenvalue weighted by molar-refractivity contribution is 0.237. The minimum atomic E-state index is -0.169. The number of amides is 2. The highest BCUT2D eigenvalue weighted by Crippen LogP contribution is 2.39. The van der Waals surface area contributed by atoms with Crippen molar-refractivity contribution >= 4 is 6.03 Å². The summed E-state index contributed by atoms with van der Waals surface area (Å²) in [7, 11) is 4.70. The number of hydrogen-bond donors (Lipinski definition) is 2. The van der Waals surface area contributed by atoms with E-state index in [0.717, 1.165) is 18.4 Å². The normalized spacial score (nSPS) is 15.0. The Morgan fingerprint density at radius 3 is 2.14 bits per heavy atom. The van der Waals surface area contributed by atoms with Crippen molar-refractivity contribution in [2.45, 2.75) is 31.8 Å². The first-order valence-corrected chi connectivity index (χ1v) is 6.96. The van der Waals surface area contributed by atoms with Crippen molar-refractivity contribution in [3.63, 3.8) is 0 Å². The Bertz CT molecular complexity index is 489. The molecule has 1 atom stereocenters. The quantitative estimate of drug-likeness (QED) is 0.844. The molecule has 0 saturated heterocycles. The summed E-state index contributed by atoms with van der Waals surface area (Å²) in [5, 5.41) is 5.80. The second-order valence-corrected chi connectivity index (χ2v) is 5.07. The van der Waals surface area contributed by atoms with Crippen molar-refractivity contribution in [1.29, 1.82) is 0 Å². The van der Waals surface area contributed by atoms with Gasteiger partial charge in [0.1, 0.15) is 0 Å². The van der Waals surface area contributed by atoms with E-state index in [0.29, 0.717) is 23.3 Å². The summed E-state index contributed by atoms with van der Waals surface area (Å²) in [6, 6.07) is 3.68. The van der Waals surface area contributed by atoms with Crippen LogP contribution in [0.2, 0.25) is 0 Å². The average molecular weight is 294 g/mol. The van der Waals surface area contributed by atoms with E-state index in [1.807, 2.05) is 19.1 Å². The molecule has 0 aliphatic heterocycles. The monoisotopic (exact) mass is 294 g/mol. The molecule has 2 N–H and O–H groups in total. The first-order valence-electron chi connectivity index (χ1n) is 6.96. The summed E-state index contributed by atoms with van der Waals surface area (Å²) in [5.41, 5.74) is 0.885. The fourth-order valence-electron chi connectivity index (χ4n) is 2.09. The molecule has 0 heterocycles. The zero-order valence-electron chi connectivity index (χ0n) is 12.9. The highest BCUT2D eigenvalue weighted by Gasteiger charge is 2.24. The maximum atomic E-state index is 11.8. The van der Waals surface area contributed by atoms with Crippen LogP contribution in [-0.2, 0) is 0 Å². The molecule has 0 aromatic heterocycles. The summed E-state index contributed by atoms with van der Waals surface area (Å²) in [4.78, 5) is 11.8. The van der Waals surface area contributed by atoms with E-state index in [1.54, 1.807) is 21.3 Å². The molecule has 21 heavy (non-hydrogen) atoms. The van der Waals surface area contributed by atoms with Crippen molar-refractivity contribution in [3.8, 4) is 17.2 Å². The van der Waals surface area contributed by atoms with Crippen LogP contribution in [0.4, 0.5) is 4.79 Å². The van der Waals surface area contributed by atoms with E-state index in [-0.39, 0.29) is 12.1 Å². The second-order valence-electron chi connectivity index (χ2n) is 5.07. The highest BCUT2D eigenvalue weighted by molar-refractivity contribution is 5.75. The fourth-order valence-corrected chi connectivity index (χ4v) is 2.09. The van der Waals surface area contributed by atoms with E-state index in [4.69, 9.17) is 14.2 Å². The summed E-state index contributed by atoms with van der Waals surface area (Å²) < 4.78 is 15.9. The zero-order chi connectivity index (χ0) is 15.4. The predicted octanol–water partition coefficient (Wildman–Crippen LogP) is 2.24. The molecule has 0 spiro atoms. The van der Waals surface area contributed by atoms with Gasteiger partial charge in [-0.05, 0) is 37.5 Å². The second kappa shape index (κ2) is 6.56. The zero-order valence-corrected chi connectivity index (χ0v) is 12.9. The van der Waals surface area contributed by atoms with E-state index >= 15 is 0 Å².